The zero-order chi connectivity index (χ0) is 23.6. The minimum Gasteiger partial charge on any atom is -0.380 e. The summed E-state index contributed by atoms with van der Waals surface area (Å²) in [4.78, 5) is 21.4. The summed E-state index contributed by atoms with van der Waals surface area (Å²) < 4.78 is 46.6. The molecule has 2 N–H and O–H groups in total. The molecule has 4 rings (SSSR count). The van der Waals surface area contributed by atoms with E-state index in [-0.39, 0.29) is 5.91 Å². The van der Waals surface area contributed by atoms with Crippen molar-refractivity contribution in [3.63, 3.8) is 0 Å². The maximum Gasteiger partial charge on any atom is 0.416 e. The molecule has 0 saturated carbocycles. The number of hydrogen-bond donors (Lipinski definition) is 2. The summed E-state index contributed by atoms with van der Waals surface area (Å²) in [5, 5.41) is 6.35. The van der Waals surface area contributed by atoms with Crippen molar-refractivity contribution in [1.29, 1.82) is 0 Å². The van der Waals surface area contributed by atoms with E-state index >= 15 is 0 Å². The van der Waals surface area contributed by atoms with Gasteiger partial charge in [-0.1, -0.05) is 11.3 Å². The highest BCUT2D eigenvalue weighted by molar-refractivity contribution is 7.22. The van der Waals surface area contributed by atoms with E-state index in [0.717, 1.165) is 29.0 Å². The van der Waals surface area contributed by atoms with E-state index in [1.807, 2.05) is 24.5 Å². The highest BCUT2D eigenvalue weighted by Gasteiger charge is 2.30. The minimum atomic E-state index is -4.41. The number of benzene rings is 2. The highest BCUT2D eigenvalue weighted by Crippen LogP contribution is 2.35. The summed E-state index contributed by atoms with van der Waals surface area (Å²) >= 11 is 1.12. The van der Waals surface area contributed by atoms with Crippen LogP contribution in [0.1, 0.15) is 29.8 Å². The predicted molar refractivity (Wildman–Crippen MR) is 122 cm³/mol. The Kier molecular flexibility index (Phi) is 6.52. The molecule has 0 aliphatic rings. The van der Waals surface area contributed by atoms with Crippen LogP contribution in [0.15, 0.2) is 36.4 Å². The van der Waals surface area contributed by atoms with Crippen molar-refractivity contribution < 1.29 is 22.7 Å². The smallest absolute Gasteiger partial charge is 0.380 e. The van der Waals surface area contributed by atoms with Crippen LogP contribution in [0.2, 0.25) is 0 Å². The zero-order valence-electron chi connectivity index (χ0n) is 18.0. The average Bonchev–Trinajstić information content (AvgIpc) is 3.34. The highest BCUT2D eigenvalue weighted by atomic mass is 32.1. The van der Waals surface area contributed by atoms with Crippen molar-refractivity contribution in [3.8, 4) is 0 Å². The van der Waals surface area contributed by atoms with Crippen LogP contribution in [0, 0.1) is 0 Å². The lowest BCUT2D eigenvalue weighted by molar-refractivity contribution is -0.137. The van der Waals surface area contributed by atoms with Gasteiger partial charge in [-0.25, -0.2) is 9.97 Å². The summed E-state index contributed by atoms with van der Waals surface area (Å²) in [6, 6.07) is 8.73. The number of ether oxygens (including phenoxy) is 1. The standard InChI is InChI=1S/C22H22F3N5O2S/c1-3-30-17-8-5-13(19(31)26-9-10-32-4-2)11-16(17)27-20(30)29-21-28-15-7-6-14(22(23,24)25)12-18(15)33-21/h5-8,11-12H,3-4,9-10H2,1-2H3,(H,26,31)(H,27,28,29). The molecule has 0 bridgehead atoms. The van der Waals surface area contributed by atoms with Crippen molar-refractivity contribution in [1.82, 2.24) is 19.9 Å². The number of fused-ring (bicyclic) bond motifs is 2. The molecule has 2 aromatic carbocycles. The number of carbonyl (C=O) groups excluding carboxylic acids is 1. The largest absolute Gasteiger partial charge is 0.416 e. The SMILES string of the molecule is CCOCCNC(=O)c1ccc2c(c1)nc(Nc1nc3ccc(C(F)(F)F)cc3s1)n2CC. The van der Waals surface area contributed by atoms with Crippen LogP contribution < -0.4 is 10.6 Å². The number of thiazole rings is 1. The van der Waals surface area contributed by atoms with E-state index in [2.05, 4.69) is 20.6 Å². The van der Waals surface area contributed by atoms with Crippen molar-refractivity contribution in [2.45, 2.75) is 26.6 Å². The van der Waals surface area contributed by atoms with E-state index < -0.39 is 11.7 Å². The van der Waals surface area contributed by atoms with Gasteiger partial charge in [-0.15, -0.1) is 0 Å². The number of anilines is 2. The third-order valence-electron chi connectivity index (χ3n) is 5.00. The number of alkyl halides is 3. The number of imidazole rings is 1. The molecule has 0 saturated heterocycles. The molecule has 0 aliphatic heterocycles. The maximum atomic E-state index is 13.0. The molecule has 0 aliphatic carbocycles. The van der Waals surface area contributed by atoms with Gasteiger partial charge in [-0.05, 0) is 50.2 Å². The Balaban J connectivity index is 1.59. The Morgan fingerprint density at radius 1 is 1.12 bits per heavy atom. The molecule has 0 fully saturated rings. The van der Waals surface area contributed by atoms with E-state index in [4.69, 9.17) is 4.74 Å². The number of aromatic nitrogens is 3. The molecular formula is C22H22F3N5O2S. The first kappa shape index (κ1) is 23.0. The van der Waals surface area contributed by atoms with Gasteiger partial charge < -0.3 is 19.9 Å². The van der Waals surface area contributed by atoms with Crippen LogP contribution in [0.25, 0.3) is 21.3 Å². The van der Waals surface area contributed by atoms with Crippen molar-refractivity contribution >= 4 is 49.6 Å². The number of nitrogens with one attached hydrogen (secondary N) is 2. The first-order chi connectivity index (χ1) is 15.8. The Labute approximate surface area is 191 Å². The van der Waals surface area contributed by atoms with E-state index in [1.54, 1.807) is 12.1 Å². The number of hydrogen-bond acceptors (Lipinski definition) is 6. The van der Waals surface area contributed by atoms with Gasteiger partial charge in [0, 0.05) is 25.3 Å². The summed E-state index contributed by atoms with van der Waals surface area (Å²) in [5.41, 5.74) is 1.69. The molecule has 174 valence electrons. The molecule has 0 radical (unpaired) electrons. The fraction of sp³-hybridized carbons (Fsp3) is 0.318. The second-order valence-corrected chi connectivity index (χ2v) is 8.19. The van der Waals surface area contributed by atoms with Crippen LogP contribution in [0.5, 0.6) is 0 Å². The van der Waals surface area contributed by atoms with Crippen molar-refractivity contribution in [3.05, 3.63) is 47.5 Å². The topological polar surface area (TPSA) is 81.1 Å². The van der Waals surface area contributed by atoms with Crippen LogP contribution >= 0.6 is 11.3 Å². The number of carbonyl (C=O) groups is 1. The second kappa shape index (κ2) is 9.36. The van der Waals surface area contributed by atoms with Gasteiger partial charge in [0.05, 0.1) is 33.4 Å². The Bertz CT molecular complexity index is 1300. The first-order valence-electron chi connectivity index (χ1n) is 10.4. The van der Waals surface area contributed by atoms with Gasteiger partial charge >= 0.3 is 6.18 Å². The fourth-order valence-corrected chi connectivity index (χ4v) is 4.32. The zero-order valence-corrected chi connectivity index (χ0v) is 18.8. The van der Waals surface area contributed by atoms with E-state index in [1.165, 1.54) is 6.07 Å². The Morgan fingerprint density at radius 2 is 1.94 bits per heavy atom. The van der Waals surface area contributed by atoms with Gasteiger partial charge in [-0.2, -0.15) is 13.2 Å². The monoisotopic (exact) mass is 477 g/mol. The van der Waals surface area contributed by atoms with Gasteiger partial charge in [0.25, 0.3) is 5.91 Å². The summed E-state index contributed by atoms with van der Waals surface area (Å²) in [6.07, 6.45) is -4.41. The molecule has 4 aromatic rings. The molecule has 0 unspecified atom stereocenters. The van der Waals surface area contributed by atoms with E-state index in [0.29, 0.717) is 58.7 Å². The van der Waals surface area contributed by atoms with Gasteiger partial charge in [0.1, 0.15) is 0 Å². The van der Waals surface area contributed by atoms with Crippen molar-refractivity contribution in [2.75, 3.05) is 25.1 Å². The molecule has 33 heavy (non-hydrogen) atoms. The van der Waals surface area contributed by atoms with Crippen LogP contribution in [-0.4, -0.2) is 40.2 Å². The van der Waals surface area contributed by atoms with Crippen LogP contribution in [0.4, 0.5) is 24.3 Å². The van der Waals surface area contributed by atoms with Crippen LogP contribution in [0.3, 0.4) is 0 Å². The average molecular weight is 478 g/mol. The number of aryl methyl sites for hydroxylation is 1. The summed E-state index contributed by atoms with van der Waals surface area (Å²) in [5.74, 6) is 0.278. The fourth-order valence-electron chi connectivity index (χ4n) is 3.42. The van der Waals surface area contributed by atoms with Gasteiger partial charge in [0.15, 0.2) is 5.13 Å². The molecule has 1 amide bonds. The number of amides is 1. The Hall–Kier alpha value is -3.18. The van der Waals surface area contributed by atoms with Gasteiger partial charge in [-0.3, -0.25) is 4.79 Å². The van der Waals surface area contributed by atoms with E-state index in [9.17, 15) is 18.0 Å². The lowest BCUT2D eigenvalue weighted by atomic mass is 10.2. The lowest BCUT2D eigenvalue weighted by Crippen LogP contribution is -2.27. The quantitative estimate of drug-likeness (QED) is 0.341. The number of halogens is 3. The number of nitrogens with zero attached hydrogens (tertiary/aromatic N) is 3. The number of rotatable bonds is 8. The third-order valence-corrected chi connectivity index (χ3v) is 5.93. The predicted octanol–water partition coefficient (Wildman–Crippen LogP) is 5.19. The third kappa shape index (κ3) is 4.93. The van der Waals surface area contributed by atoms with Crippen LogP contribution in [-0.2, 0) is 17.5 Å². The molecule has 0 atom stereocenters. The summed E-state index contributed by atoms with van der Waals surface area (Å²) in [6.45, 7) is 5.88. The molecule has 2 heterocycles. The lowest BCUT2D eigenvalue weighted by Gasteiger charge is -2.07. The molecular weight excluding hydrogens is 455 g/mol. The summed E-state index contributed by atoms with van der Waals surface area (Å²) in [7, 11) is 0. The molecule has 2 aromatic heterocycles. The van der Waals surface area contributed by atoms with Gasteiger partial charge in [0.2, 0.25) is 5.95 Å². The van der Waals surface area contributed by atoms with Crippen molar-refractivity contribution in [2.24, 2.45) is 0 Å². The first-order valence-corrected chi connectivity index (χ1v) is 11.2. The second-order valence-electron chi connectivity index (χ2n) is 7.16. The minimum absolute atomic E-state index is 0.219. The Morgan fingerprint density at radius 3 is 2.67 bits per heavy atom. The molecule has 0 spiro atoms. The molecule has 7 nitrogen and oxygen atoms in total. The maximum absolute atomic E-state index is 13.0. The normalized spacial score (nSPS) is 11.9. The molecule has 11 heteroatoms.